The molecule has 1 aliphatic carbocycles. The van der Waals surface area contributed by atoms with E-state index in [1.807, 2.05) is 38.1 Å². The normalized spacial score (nSPS) is 17.8. The van der Waals surface area contributed by atoms with Gasteiger partial charge in [0.2, 0.25) is 5.91 Å². The number of hydrogen-bond donors (Lipinski definition) is 1. The van der Waals surface area contributed by atoms with Crippen LogP contribution in [0.1, 0.15) is 56.1 Å². The maximum atomic E-state index is 13.5. The van der Waals surface area contributed by atoms with Crippen LogP contribution in [0, 0.1) is 0 Å². The van der Waals surface area contributed by atoms with Crippen molar-refractivity contribution in [3.8, 4) is 11.3 Å². The van der Waals surface area contributed by atoms with Crippen LogP contribution in [-0.4, -0.2) is 35.4 Å². The fourth-order valence-corrected chi connectivity index (χ4v) is 5.42. The van der Waals surface area contributed by atoms with Gasteiger partial charge in [-0.05, 0) is 44.3 Å². The van der Waals surface area contributed by atoms with Gasteiger partial charge in [0.1, 0.15) is 10.4 Å². The lowest BCUT2D eigenvalue weighted by molar-refractivity contribution is -0.124. The van der Waals surface area contributed by atoms with Crippen molar-refractivity contribution in [3.05, 3.63) is 76.6 Å². The van der Waals surface area contributed by atoms with Crippen LogP contribution in [0.25, 0.3) is 11.3 Å². The number of nitrogens with zero attached hydrogens (tertiary/aromatic N) is 2. The predicted molar refractivity (Wildman–Crippen MR) is 133 cm³/mol. The summed E-state index contributed by atoms with van der Waals surface area (Å²) in [5.74, 6) is 0.129. The Bertz CT molecular complexity index is 992. The van der Waals surface area contributed by atoms with E-state index in [1.54, 1.807) is 11.3 Å². The van der Waals surface area contributed by atoms with Gasteiger partial charge in [0.25, 0.3) is 0 Å². The zero-order chi connectivity index (χ0) is 22.4. The van der Waals surface area contributed by atoms with Gasteiger partial charge in [-0.3, -0.25) is 4.79 Å². The molecule has 2 fully saturated rings. The average Bonchev–Trinajstić information content (AvgIpc) is 3.24. The molecule has 0 radical (unpaired) electrons. The number of hydrogen-bond acceptors (Lipinski definition) is 4. The first-order valence-electron chi connectivity index (χ1n) is 11.8. The van der Waals surface area contributed by atoms with Crippen LogP contribution in [0.2, 0.25) is 0 Å². The Morgan fingerprint density at radius 1 is 1.03 bits per heavy atom. The number of nitrogens with one attached hydrogen (secondary N) is 1. The Hall–Kier alpha value is -2.50. The second-order valence-electron chi connectivity index (χ2n) is 8.43. The van der Waals surface area contributed by atoms with Gasteiger partial charge in [-0.2, -0.15) is 0 Å². The minimum atomic E-state index is -0.449. The maximum Gasteiger partial charge on any atom is 0.233 e. The lowest BCUT2D eigenvalue weighted by Gasteiger charge is -2.26. The molecule has 0 bridgehead atoms. The highest BCUT2D eigenvalue weighted by molar-refractivity contribution is 7.10. The highest BCUT2D eigenvalue weighted by Gasteiger charge is 2.54. The van der Waals surface area contributed by atoms with Crippen molar-refractivity contribution in [2.24, 2.45) is 0 Å². The SMILES string of the molecule is CC.O=C(N[C@H](CN1CCCC1)c1ccccc1)C1(c2nc(-c3ccccc3)cs2)CC1. The summed E-state index contributed by atoms with van der Waals surface area (Å²) in [7, 11) is 0. The number of thiazole rings is 1. The Labute approximate surface area is 195 Å². The second kappa shape index (κ2) is 10.4. The number of rotatable bonds is 7. The van der Waals surface area contributed by atoms with Crippen molar-refractivity contribution in [1.82, 2.24) is 15.2 Å². The summed E-state index contributed by atoms with van der Waals surface area (Å²) >= 11 is 1.62. The van der Waals surface area contributed by atoms with Crippen LogP contribution < -0.4 is 5.32 Å². The van der Waals surface area contributed by atoms with E-state index >= 15 is 0 Å². The zero-order valence-corrected chi connectivity index (χ0v) is 19.9. The van der Waals surface area contributed by atoms with Gasteiger partial charge in [-0.25, -0.2) is 4.98 Å². The smallest absolute Gasteiger partial charge is 0.233 e. The van der Waals surface area contributed by atoms with Gasteiger partial charge < -0.3 is 10.2 Å². The Morgan fingerprint density at radius 3 is 2.28 bits per heavy atom. The number of likely N-dealkylation sites (tertiary alicyclic amines) is 1. The number of carbonyl (C=O) groups is 1. The Morgan fingerprint density at radius 2 is 1.66 bits per heavy atom. The summed E-state index contributed by atoms with van der Waals surface area (Å²) in [4.78, 5) is 20.8. The molecule has 5 heteroatoms. The van der Waals surface area contributed by atoms with Gasteiger partial charge >= 0.3 is 0 Å². The summed E-state index contributed by atoms with van der Waals surface area (Å²) < 4.78 is 0. The van der Waals surface area contributed by atoms with E-state index in [0.29, 0.717) is 0 Å². The minimum Gasteiger partial charge on any atom is -0.347 e. The topological polar surface area (TPSA) is 45.2 Å². The number of amides is 1. The standard InChI is InChI=1S/C25H27N3OS.C2H6/c29-23(26-21(17-28-15-7-8-16-28)19-9-3-1-4-10-19)25(13-14-25)24-27-22(18-30-24)20-11-5-2-6-12-20;1-2/h1-6,9-12,18,21H,7-8,13-17H2,(H,26,29);1-2H3/t21-;/m1./s1. The van der Waals surface area contributed by atoms with Crippen molar-refractivity contribution >= 4 is 17.2 Å². The first-order valence-corrected chi connectivity index (χ1v) is 12.7. The Kier molecular flexibility index (Phi) is 7.38. The molecule has 1 amide bonds. The number of benzene rings is 2. The van der Waals surface area contributed by atoms with Crippen molar-refractivity contribution in [1.29, 1.82) is 0 Å². The summed E-state index contributed by atoms with van der Waals surface area (Å²) in [5, 5.41) is 6.43. The quantitative estimate of drug-likeness (QED) is 0.496. The summed E-state index contributed by atoms with van der Waals surface area (Å²) in [6.45, 7) is 7.12. The lowest BCUT2D eigenvalue weighted by atomic mass is 10.0. The molecular weight excluding hydrogens is 414 g/mol. The van der Waals surface area contributed by atoms with Gasteiger partial charge in [-0.15, -0.1) is 11.3 Å². The molecule has 2 aliphatic rings. The third kappa shape index (κ3) is 4.94. The first kappa shape index (κ1) is 22.7. The van der Waals surface area contributed by atoms with E-state index in [9.17, 15) is 4.79 Å². The fraction of sp³-hybridized carbons (Fsp3) is 0.407. The van der Waals surface area contributed by atoms with Crippen molar-refractivity contribution in [2.45, 2.75) is 51.0 Å². The summed E-state index contributed by atoms with van der Waals surface area (Å²) in [6, 6.07) is 20.6. The molecule has 1 saturated heterocycles. The second-order valence-corrected chi connectivity index (χ2v) is 9.29. The van der Waals surface area contributed by atoms with Crippen molar-refractivity contribution < 1.29 is 4.79 Å². The van der Waals surface area contributed by atoms with E-state index in [2.05, 4.69) is 52.0 Å². The average molecular weight is 448 g/mol. The van der Waals surface area contributed by atoms with Gasteiger partial charge in [-0.1, -0.05) is 74.5 Å². The Balaban J connectivity index is 0.00000119. The third-order valence-electron chi connectivity index (χ3n) is 6.31. The summed E-state index contributed by atoms with van der Waals surface area (Å²) in [5.41, 5.74) is 2.80. The molecule has 32 heavy (non-hydrogen) atoms. The lowest BCUT2D eigenvalue weighted by Crippen LogP contribution is -2.41. The molecule has 1 aromatic heterocycles. The highest BCUT2D eigenvalue weighted by Crippen LogP contribution is 2.50. The fourth-order valence-electron chi connectivity index (χ4n) is 4.34. The van der Waals surface area contributed by atoms with Crippen molar-refractivity contribution in [3.63, 3.8) is 0 Å². The molecule has 1 N–H and O–H groups in total. The van der Waals surface area contributed by atoms with E-state index < -0.39 is 5.41 Å². The van der Waals surface area contributed by atoms with Crippen LogP contribution in [0.15, 0.2) is 66.0 Å². The molecule has 2 aromatic carbocycles. The molecule has 0 unspecified atom stereocenters. The molecule has 1 saturated carbocycles. The van der Waals surface area contributed by atoms with Crippen LogP contribution >= 0.6 is 11.3 Å². The number of carbonyl (C=O) groups excluding carboxylic acids is 1. The van der Waals surface area contributed by atoms with Gasteiger partial charge in [0.05, 0.1) is 11.7 Å². The van der Waals surface area contributed by atoms with Crippen LogP contribution in [0.3, 0.4) is 0 Å². The van der Waals surface area contributed by atoms with E-state index in [1.165, 1.54) is 18.4 Å². The molecule has 4 nitrogen and oxygen atoms in total. The first-order chi connectivity index (χ1) is 15.7. The molecule has 168 valence electrons. The molecule has 2 heterocycles. The van der Waals surface area contributed by atoms with E-state index in [4.69, 9.17) is 4.98 Å². The maximum absolute atomic E-state index is 13.5. The highest BCUT2D eigenvalue weighted by atomic mass is 32.1. The molecule has 1 atom stereocenters. The molecular formula is C27H33N3OS. The summed E-state index contributed by atoms with van der Waals surface area (Å²) in [6.07, 6.45) is 4.26. The third-order valence-corrected chi connectivity index (χ3v) is 7.36. The van der Waals surface area contributed by atoms with Gasteiger partial charge in [0, 0.05) is 17.5 Å². The molecule has 0 spiro atoms. The van der Waals surface area contributed by atoms with Crippen LogP contribution in [0.4, 0.5) is 0 Å². The molecule has 1 aliphatic heterocycles. The van der Waals surface area contributed by atoms with Gasteiger partial charge in [0.15, 0.2) is 0 Å². The van der Waals surface area contributed by atoms with Crippen LogP contribution in [0.5, 0.6) is 0 Å². The monoisotopic (exact) mass is 447 g/mol. The van der Waals surface area contributed by atoms with E-state index in [0.717, 1.165) is 48.7 Å². The molecule has 3 aromatic rings. The zero-order valence-electron chi connectivity index (χ0n) is 19.1. The minimum absolute atomic E-state index is 0.0165. The predicted octanol–water partition coefficient (Wildman–Crippen LogP) is 5.82. The van der Waals surface area contributed by atoms with E-state index in [-0.39, 0.29) is 11.9 Å². The molecule has 5 rings (SSSR count). The van der Waals surface area contributed by atoms with Crippen molar-refractivity contribution in [2.75, 3.05) is 19.6 Å². The van der Waals surface area contributed by atoms with Crippen LogP contribution in [-0.2, 0) is 10.2 Å². The largest absolute Gasteiger partial charge is 0.347 e. The number of aromatic nitrogens is 1.